The van der Waals surface area contributed by atoms with Gasteiger partial charge in [-0.05, 0) is 55.4 Å². The summed E-state index contributed by atoms with van der Waals surface area (Å²) in [5.74, 6) is 2.21. The zero-order valence-corrected chi connectivity index (χ0v) is 10.7. The number of rotatable bonds is 4. The van der Waals surface area contributed by atoms with Gasteiger partial charge >= 0.3 is 5.97 Å². The molecule has 0 saturated heterocycles. The largest absolute Gasteiger partial charge is 0.481 e. The van der Waals surface area contributed by atoms with E-state index >= 15 is 0 Å². The van der Waals surface area contributed by atoms with Crippen molar-refractivity contribution in [2.75, 3.05) is 0 Å². The summed E-state index contributed by atoms with van der Waals surface area (Å²) in [5.41, 5.74) is -0.842. The topological polar surface area (TPSA) is 80.9 Å². The first-order valence-electron chi connectivity index (χ1n) is 6.47. The van der Waals surface area contributed by atoms with Gasteiger partial charge in [0.25, 0.3) is 0 Å². The van der Waals surface area contributed by atoms with E-state index in [2.05, 4.69) is 15.5 Å². The molecule has 1 heterocycles. The van der Waals surface area contributed by atoms with Gasteiger partial charge in [0, 0.05) is 5.92 Å². The molecule has 0 aliphatic heterocycles. The van der Waals surface area contributed by atoms with Gasteiger partial charge in [-0.25, -0.2) is 4.68 Å². The predicted octanol–water partition coefficient (Wildman–Crippen LogP) is 1.30. The Morgan fingerprint density at radius 2 is 2.06 bits per heavy atom. The van der Waals surface area contributed by atoms with E-state index in [-0.39, 0.29) is 0 Å². The van der Waals surface area contributed by atoms with Crippen LogP contribution in [0, 0.1) is 17.3 Å². The number of nitrogens with zero attached hydrogens (tertiary/aromatic N) is 4. The van der Waals surface area contributed by atoms with Crippen LogP contribution in [0.3, 0.4) is 0 Å². The van der Waals surface area contributed by atoms with Crippen molar-refractivity contribution in [1.82, 2.24) is 20.2 Å². The van der Waals surface area contributed by atoms with Crippen molar-refractivity contribution in [3.8, 4) is 0 Å². The molecule has 0 bridgehead atoms. The summed E-state index contributed by atoms with van der Waals surface area (Å²) < 4.78 is 1.68. The molecule has 2 unspecified atom stereocenters. The Morgan fingerprint density at radius 3 is 2.67 bits per heavy atom. The second-order valence-electron chi connectivity index (χ2n) is 6.31. The number of aliphatic carboxylic acids is 1. The van der Waals surface area contributed by atoms with Crippen molar-refractivity contribution in [3.63, 3.8) is 0 Å². The first-order valence-corrected chi connectivity index (χ1v) is 6.47. The first-order chi connectivity index (χ1) is 8.47. The molecule has 3 rings (SSSR count). The average molecular weight is 250 g/mol. The summed E-state index contributed by atoms with van der Waals surface area (Å²) in [6, 6.07) is 0. The van der Waals surface area contributed by atoms with Gasteiger partial charge in [-0.1, -0.05) is 0 Å². The van der Waals surface area contributed by atoms with E-state index in [0.717, 1.165) is 17.7 Å². The third kappa shape index (κ3) is 1.89. The minimum Gasteiger partial charge on any atom is -0.481 e. The fourth-order valence-corrected chi connectivity index (χ4v) is 2.98. The lowest BCUT2D eigenvalue weighted by Gasteiger charge is -2.20. The summed E-state index contributed by atoms with van der Waals surface area (Å²) in [6.45, 7) is 3.73. The number of hydrogen-bond donors (Lipinski definition) is 1. The van der Waals surface area contributed by atoms with Crippen molar-refractivity contribution in [2.24, 2.45) is 17.3 Å². The molecule has 2 fully saturated rings. The van der Waals surface area contributed by atoms with Crippen LogP contribution in [0.1, 0.15) is 44.9 Å². The van der Waals surface area contributed by atoms with Gasteiger partial charge in [-0.2, -0.15) is 0 Å². The van der Waals surface area contributed by atoms with Gasteiger partial charge < -0.3 is 5.11 Å². The molecule has 2 atom stereocenters. The Balaban J connectivity index is 1.77. The Kier molecular flexibility index (Phi) is 2.43. The molecule has 0 spiro atoms. The quantitative estimate of drug-likeness (QED) is 0.871. The second kappa shape index (κ2) is 3.76. The van der Waals surface area contributed by atoms with E-state index in [1.165, 1.54) is 19.3 Å². The minimum absolute atomic E-state index is 0.330. The SMILES string of the molecule is CC(C)(Cn1nnnc1C1CC2CC2C1)C(=O)O. The van der Waals surface area contributed by atoms with Crippen molar-refractivity contribution in [2.45, 2.75) is 45.6 Å². The molecule has 98 valence electrons. The highest BCUT2D eigenvalue weighted by Crippen LogP contribution is 2.57. The van der Waals surface area contributed by atoms with Crippen molar-refractivity contribution in [1.29, 1.82) is 0 Å². The molecule has 6 heteroatoms. The van der Waals surface area contributed by atoms with E-state index < -0.39 is 11.4 Å². The highest BCUT2D eigenvalue weighted by molar-refractivity contribution is 5.73. The molecule has 6 nitrogen and oxygen atoms in total. The maximum atomic E-state index is 11.2. The van der Waals surface area contributed by atoms with Gasteiger partial charge in [0.15, 0.2) is 5.82 Å². The molecule has 2 aliphatic carbocycles. The lowest BCUT2D eigenvalue weighted by atomic mass is 9.93. The highest BCUT2D eigenvalue weighted by Gasteiger charge is 2.47. The Morgan fingerprint density at radius 1 is 1.39 bits per heavy atom. The van der Waals surface area contributed by atoms with Crippen LogP contribution in [-0.4, -0.2) is 31.3 Å². The molecular weight excluding hydrogens is 232 g/mol. The average Bonchev–Trinajstić information content (AvgIpc) is 2.75. The number of fused-ring (bicyclic) bond motifs is 1. The van der Waals surface area contributed by atoms with E-state index in [9.17, 15) is 4.79 Å². The van der Waals surface area contributed by atoms with Gasteiger partial charge in [0.2, 0.25) is 0 Å². The number of carbonyl (C=O) groups is 1. The third-order valence-corrected chi connectivity index (χ3v) is 4.29. The third-order valence-electron chi connectivity index (χ3n) is 4.29. The van der Waals surface area contributed by atoms with Crippen LogP contribution in [0.5, 0.6) is 0 Å². The Bertz CT molecular complexity index is 472. The van der Waals surface area contributed by atoms with Gasteiger partial charge in [0.05, 0.1) is 12.0 Å². The summed E-state index contributed by atoms with van der Waals surface area (Å²) in [6.07, 6.45) is 3.69. The van der Waals surface area contributed by atoms with Crippen molar-refractivity contribution >= 4 is 5.97 Å². The fraction of sp³-hybridized carbons (Fsp3) is 0.833. The smallest absolute Gasteiger partial charge is 0.310 e. The molecule has 0 aromatic carbocycles. The standard InChI is InChI=1S/C12H18N4O2/c1-12(2,11(17)18)6-16-10(13-14-15-16)9-4-7-3-8(7)5-9/h7-9H,3-6H2,1-2H3,(H,17,18). The lowest BCUT2D eigenvalue weighted by Crippen LogP contribution is -2.30. The number of aromatic nitrogens is 4. The zero-order chi connectivity index (χ0) is 12.9. The Hall–Kier alpha value is -1.46. The van der Waals surface area contributed by atoms with Crippen LogP contribution in [0.2, 0.25) is 0 Å². The van der Waals surface area contributed by atoms with Gasteiger partial charge in [0.1, 0.15) is 0 Å². The molecule has 0 radical (unpaired) electrons. The van der Waals surface area contributed by atoms with Crippen LogP contribution < -0.4 is 0 Å². The normalized spacial score (nSPS) is 30.2. The van der Waals surface area contributed by atoms with E-state index in [1.807, 2.05) is 0 Å². The van der Waals surface area contributed by atoms with Gasteiger partial charge in [-0.3, -0.25) is 4.79 Å². The second-order valence-corrected chi connectivity index (χ2v) is 6.31. The molecule has 2 aliphatic rings. The van der Waals surface area contributed by atoms with Crippen LogP contribution in [-0.2, 0) is 11.3 Å². The number of carboxylic acid groups (broad SMARTS) is 1. The zero-order valence-electron chi connectivity index (χ0n) is 10.7. The molecule has 1 N–H and O–H groups in total. The molecular formula is C12H18N4O2. The minimum atomic E-state index is -0.842. The van der Waals surface area contributed by atoms with Crippen LogP contribution in [0.4, 0.5) is 0 Å². The number of carboxylic acids is 1. The Labute approximate surface area is 105 Å². The summed E-state index contributed by atoms with van der Waals surface area (Å²) in [7, 11) is 0. The summed E-state index contributed by atoms with van der Waals surface area (Å²) in [4.78, 5) is 11.2. The van der Waals surface area contributed by atoms with Crippen molar-refractivity contribution in [3.05, 3.63) is 5.82 Å². The highest BCUT2D eigenvalue weighted by atomic mass is 16.4. The number of hydrogen-bond acceptors (Lipinski definition) is 4. The molecule has 0 amide bonds. The van der Waals surface area contributed by atoms with Crippen LogP contribution in [0.15, 0.2) is 0 Å². The van der Waals surface area contributed by atoms with Crippen LogP contribution >= 0.6 is 0 Å². The summed E-state index contributed by atoms with van der Waals surface area (Å²) >= 11 is 0. The maximum absolute atomic E-state index is 11.2. The monoisotopic (exact) mass is 250 g/mol. The predicted molar refractivity (Wildman–Crippen MR) is 62.8 cm³/mol. The number of tetrazole rings is 1. The van der Waals surface area contributed by atoms with E-state index in [1.54, 1.807) is 18.5 Å². The lowest BCUT2D eigenvalue weighted by molar-refractivity contribution is -0.147. The summed E-state index contributed by atoms with van der Waals surface area (Å²) in [5, 5.41) is 20.9. The molecule has 2 saturated carbocycles. The molecule has 1 aromatic heterocycles. The first kappa shape index (κ1) is 11.6. The molecule has 18 heavy (non-hydrogen) atoms. The molecule has 1 aromatic rings. The van der Waals surface area contributed by atoms with E-state index in [0.29, 0.717) is 12.5 Å². The van der Waals surface area contributed by atoms with Gasteiger partial charge in [-0.15, -0.1) is 5.10 Å². The van der Waals surface area contributed by atoms with E-state index in [4.69, 9.17) is 5.11 Å². The van der Waals surface area contributed by atoms with Crippen molar-refractivity contribution < 1.29 is 9.90 Å². The maximum Gasteiger partial charge on any atom is 0.310 e. The fourth-order valence-electron chi connectivity index (χ4n) is 2.98. The van der Waals surface area contributed by atoms with Crippen LogP contribution in [0.25, 0.3) is 0 Å².